The van der Waals surface area contributed by atoms with Crippen molar-refractivity contribution in [2.24, 2.45) is 5.73 Å². The second-order valence-electron chi connectivity index (χ2n) is 3.57. The number of benzene rings is 1. The topological polar surface area (TPSA) is 26.0 Å². The Labute approximate surface area is 71.4 Å². The molecule has 1 aliphatic rings. The smallest absolute Gasteiger partial charge is 0.123 e. The molecule has 1 nitrogen and oxygen atoms in total. The number of nitrogens with two attached hydrogens (primary N) is 1. The Morgan fingerprint density at radius 3 is 2.58 bits per heavy atom. The summed E-state index contributed by atoms with van der Waals surface area (Å²) < 4.78 is 12.9. The number of hydrogen-bond acceptors (Lipinski definition) is 1. The lowest BCUT2D eigenvalue weighted by molar-refractivity contribution is 0.624. The van der Waals surface area contributed by atoms with Crippen molar-refractivity contribution in [1.82, 2.24) is 0 Å². The Bertz CT molecular complexity index is 288. The molecule has 0 heterocycles. The van der Waals surface area contributed by atoms with Crippen molar-refractivity contribution in [2.75, 3.05) is 0 Å². The van der Waals surface area contributed by atoms with Gasteiger partial charge in [-0.15, -0.1) is 0 Å². The average Bonchev–Trinajstić information content (AvgIpc) is 2.64. The van der Waals surface area contributed by atoms with Crippen LogP contribution in [0, 0.1) is 12.7 Å². The molecular weight excluding hydrogens is 153 g/mol. The van der Waals surface area contributed by atoms with E-state index in [4.69, 9.17) is 5.73 Å². The van der Waals surface area contributed by atoms with Gasteiger partial charge in [-0.05, 0) is 36.6 Å². The zero-order valence-corrected chi connectivity index (χ0v) is 7.05. The fourth-order valence-electron chi connectivity index (χ4n) is 1.58. The summed E-state index contributed by atoms with van der Waals surface area (Å²) >= 11 is 0. The van der Waals surface area contributed by atoms with Crippen LogP contribution < -0.4 is 5.73 Å². The van der Waals surface area contributed by atoms with E-state index in [0.29, 0.717) is 5.92 Å². The minimum Gasteiger partial charge on any atom is -0.327 e. The van der Waals surface area contributed by atoms with E-state index in [0.717, 1.165) is 17.5 Å². The maximum absolute atomic E-state index is 12.9. The second-order valence-corrected chi connectivity index (χ2v) is 3.57. The lowest BCUT2D eigenvalue weighted by Gasteiger charge is -2.00. The third-order valence-corrected chi connectivity index (χ3v) is 2.33. The molecule has 0 saturated heterocycles. The minimum absolute atomic E-state index is 0.149. The van der Waals surface area contributed by atoms with Gasteiger partial charge in [0, 0.05) is 12.0 Å². The first-order chi connectivity index (χ1) is 5.66. The molecule has 1 aliphatic carbocycles. The van der Waals surface area contributed by atoms with Gasteiger partial charge in [0.15, 0.2) is 0 Å². The van der Waals surface area contributed by atoms with Crippen LogP contribution in [0.4, 0.5) is 4.39 Å². The van der Waals surface area contributed by atoms with Gasteiger partial charge in [0.1, 0.15) is 5.82 Å². The normalized spacial score (nSPS) is 27.2. The molecule has 0 spiro atoms. The van der Waals surface area contributed by atoms with Gasteiger partial charge in [-0.25, -0.2) is 4.39 Å². The van der Waals surface area contributed by atoms with Crippen molar-refractivity contribution in [1.29, 1.82) is 0 Å². The molecule has 0 radical (unpaired) electrons. The van der Waals surface area contributed by atoms with Crippen LogP contribution in [0.15, 0.2) is 18.2 Å². The molecule has 1 aromatic rings. The van der Waals surface area contributed by atoms with Crippen LogP contribution in [0.5, 0.6) is 0 Å². The van der Waals surface area contributed by atoms with Crippen molar-refractivity contribution in [3.63, 3.8) is 0 Å². The molecule has 64 valence electrons. The first kappa shape index (κ1) is 7.74. The zero-order valence-electron chi connectivity index (χ0n) is 7.05. The quantitative estimate of drug-likeness (QED) is 0.676. The predicted octanol–water partition coefficient (Wildman–Crippen LogP) is 1.95. The molecule has 2 N–H and O–H groups in total. The van der Waals surface area contributed by atoms with Gasteiger partial charge in [-0.1, -0.05) is 6.07 Å². The SMILES string of the molecule is Cc1cc(F)cc([C@@H]2C[C@H]2N)c1. The summed E-state index contributed by atoms with van der Waals surface area (Å²) in [5.41, 5.74) is 7.71. The van der Waals surface area contributed by atoms with Crippen molar-refractivity contribution in [3.8, 4) is 0 Å². The third kappa shape index (κ3) is 1.34. The summed E-state index contributed by atoms with van der Waals surface area (Å²) in [5.74, 6) is 0.253. The Hall–Kier alpha value is -0.890. The number of hydrogen-bond donors (Lipinski definition) is 1. The summed E-state index contributed by atoms with van der Waals surface area (Å²) in [5, 5.41) is 0. The van der Waals surface area contributed by atoms with E-state index in [1.165, 1.54) is 6.07 Å². The Morgan fingerprint density at radius 1 is 1.42 bits per heavy atom. The molecule has 0 unspecified atom stereocenters. The van der Waals surface area contributed by atoms with E-state index in [-0.39, 0.29) is 11.9 Å². The minimum atomic E-state index is -0.149. The Balaban J connectivity index is 2.32. The summed E-state index contributed by atoms with van der Waals surface area (Å²) in [6.07, 6.45) is 1.00. The highest BCUT2D eigenvalue weighted by atomic mass is 19.1. The summed E-state index contributed by atoms with van der Waals surface area (Å²) in [6, 6.07) is 5.40. The molecule has 0 bridgehead atoms. The monoisotopic (exact) mass is 165 g/mol. The van der Waals surface area contributed by atoms with Crippen LogP contribution in [-0.2, 0) is 0 Å². The molecule has 2 rings (SSSR count). The number of halogens is 1. The molecule has 1 fully saturated rings. The first-order valence-electron chi connectivity index (χ1n) is 4.19. The second kappa shape index (κ2) is 2.56. The molecule has 2 heteroatoms. The van der Waals surface area contributed by atoms with Crippen LogP contribution in [0.3, 0.4) is 0 Å². The molecule has 12 heavy (non-hydrogen) atoms. The highest BCUT2D eigenvalue weighted by Crippen LogP contribution is 2.39. The summed E-state index contributed by atoms with van der Waals surface area (Å²) in [7, 11) is 0. The van der Waals surface area contributed by atoms with E-state index in [1.807, 2.05) is 13.0 Å². The summed E-state index contributed by atoms with van der Waals surface area (Å²) in [6.45, 7) is 1.90. The maximum atomic E-state index is 12.9. The largest absolute Gasteiger partial charge is 0.327 e. The van der Waals surface area contributed by atoms with E-state index in [9.17, 15) is 4.39 Å². The molecular formula is C10H12FN. The molecule has 1 saturated carbocycles. The van der Waals surface area contributed by atoms with Crippen LogP contribution in [0.1, 0.15) is 23.5 Å². The lowest BCUT2D eigenvalue weighted by Crippen LogP contribution is -2.01. The van der Waals surface area contributed by atoms with E-state index < -0.39 is 0 Å². The predicted molar refractivity (Wildman–Crippen MR) is 46.5 cm³/mol. The average molecular weight is 165 g/mol. The molecule has 0 aliphatic heterocycles. The third-order valence-electron chi connectivity index (χ3n) is 2.33. The standard InChI is InChI=1S/C10H12FN/c1-6-2-7(4-8(11)3-6)9-5-10(9)12/h2-4,9-10H,5,12H2,1H3/t9-,10+/m0/s1. The van der Waals surface area contributed by atoms with Crippen molar-refractivity contribution >= 4 is 0 Å². The van der Waals surface area contributed by atoms with Crippen LogP contribution in [-0.4, -0.2) is 6.04 Å². The molecule has 0 aromatic heterocycles. The first-order valence-corrected chi connectivity index (χ1v) is 4.19. The number of rotatable bonds is 1. The molecule has 2 atom stereocenters. The van der Waals surface area contributed by atoms with Gasteiger partial charge in [-0.3, -0.25) is 0 Å². The van der Waals surface area contributed by atoms with Gasteiger partial charge < -0.3 is 5.73 Å². The summed E-state index contributed by atoms with van der Waals surface area (Å²) in [4.78, 5) is 0. The number of aryl methyl sites for hydroxylation is 1. The van der Waals surface area contributed by atoms with E-state index in [1.54, 1.807) is 6.07 Å². The Morgan fingerprint density at radius 2 is 2.08 bits per heavy atom. The van der Waals surface area contributed by atoms with Crippen molar-refractivity contribution in [3.05, 3.63) is 35.1 Å². The maximum Gasteiger partial charge on any atom is 0.123 e. The van der Waals surface area contributed by atoms with E-state index in [2.05, 4.69) is 0 Å². The molecule has 0 amide bonds. The van der Waals surface area contributed by atoms with E-state index >= 15 is 0 Å². The zero-order chi connectivity index (χ0) is 8.72. The van der Waals surface area contributed by atoms with Crippen LogP contribution in [0.2, 0.25) is 0 Å². The highest BCUT2D eigenvalue weighted by molar-refractivity contribution is 5.31. The van der Waals surface area contributed by atoms with Gasteiger partial charge in [0.05, 0.1) is 0 Å². The van der Waals surface area contributed by atoms with Crippen LogP contribution in [0.25, 0.3) is 0 Å². The van der Waals surface area contributed by atoms with Crippen LogP contribution >= 0.6 is 0 Å². The fraction of sp³-hybridized carbons (Fsp3) is 0.400. The van der Waals surface area contributed by atoms with Gasteiger partial charge in [-0.2, -0.15) is 0 Å². The van der Waals surface area contributed by atoms with Gasteiger partial charge in [0.25, 0.3) is 0 Å². The van der Waals surface area contributed by atoms with Gasteiger partial charge in [0.2, 0.25) is 0 Å². The fourth-order valence-corrected chi connectivity index (χ4v) is 1.58. The van der Waals surface area contributed by atoms with Gasteiger partial charge >= 0.3 is 0 Å². The van der Waals surface area contributed by atoms with Crippen molar-refractivity contribution in [2.45, 2.75) is 25.3 Å². The molecule has 1 aromatic carbocycles. The lowest BCUT2D eigenvalue weighted by atomic mass is 10.1. The Kier molecular flexibility index (Phi) is 1.65. The highest BCUT2D eigenvalue weighted by Gasteiger charge is 2.34. The van der Waals surface area contributed by atoms with Crippen molar-refractivity contribution < 1.29 is 4.39 Å².